The van der Waals surface area contributed by atoms with E-state index in [9.17, 15) is 14.1 Å². The molecule has 2 N–H and O–H groups in total. The highest BCUT2D eigenvalue weighted by Crippen LogP contribution is 2.39. The zero-order valence-electron chi connectivity index (χ0n) is 15.1. The number of phenols is 1. The summed E-state index contributed by atoms with van der Waals surface area (Å²) in [7, 11) is -0.341. The smallest absolute Gasteiger partial charge is 0.266 e. The molecule has 28 heavy (non-hydrogen) atoms. The van der Waals surface area contributed by atoms with Gasteiger partial charge in [-0.25, -0.2) is 0 Å². The lowest BCUT2D eigenvalue weighted by molar-refractivity contribution is 0.434. The van der Waals surface area contributed by atoms with Gasteiger partial charge in [0.05, 0.1) is 0 Å². The molecule has 1 atom stereocenters. The molecule has 2 aromatic heterocycles. The first-order valence-corrected chi connectivity index (χ1v) is 10.4. The van der Waals surface area contributed by atoms with E-state index >= 15 is 0 Å². The second-order valence-corrected chi connectivity index (χ2v) is 8.18. The van der Waals surface area contributed by atoms with Crippen LogP contribution in [0, 0.1) is 0 Å². The van der Waals surface area contributed by atoms with Crippen LogP contribution in [-0.4, -0.2) is 17.2 Å². The van der Waals surface area contributed by atoms with Crippen LogP contribution >= 0.6 is 11.3 Å². The summed E-state index contributed by atoms with van der Waals surface area (Å²) >= 11 is 1.37. The minimum Gasteiger partial charge on any atom is -0.507 e. The van der Waals surface area contributed by atoms with Gasteiger partial charge in [-0.3, -0.25) is 4.79 Å². The van der Waals surface area contributed by atoms with Gasteiger partial charge in [-0.2, -0.15) is 0 Å². The van der Waals surface area contributed by atoms with Crippen LogP contribution in [-0.2, 0) is 19.3 Å². The fourth-order valence-corrected chi connectivity index (χ4v) is 4.55. The van der Waals surface area contributed by atoms with Gasteiger partial charge in [-0.05, 0) is 41.6 Å². The van der Waals surface area contributed by atoms with E-state index in [2.05, 4.69) is 13.5 Å². The third-order valence-electron chi connectivity index (χ3n) is 4.64. The number of nitrogens with zero attached hydrogens (tertiary/aromatic N) is 1. The van der Waals surface area contributed by atoms with Gasteiger partial charge < -0.3 is 22.8 Å². The van der Waals surface area contributed by atoms with Crippen molar-refractivity contribution >= 4 is 43.2 Å². The minimum absolute atomic E-state index is 0.133. The van der Waals surface area contributed by atoms with E-state index < -0.39 is 10.9 Å². The van der Waals surface area contributed by atoms with Crippen molar-refractivity contribution < 1.29 is 13.5 Å². The fraction of sp³-hybridized carbons (Fsp3) is 0.150. The number of phenolic OH excluding ortho intramolecular Hbond substituents is 1. The molecule has 6 nitrogen and oxygen atoms in total. The largest absolute Gasteiger partial charge is 0.507 e. The van der Waals surface area contributed by atoms with Crippen LogP contribution in [0.25, 0.3) is 32.1 Å². The molecule has 0 fully saturated rings. The lowest BCUT2D eigenvalue weighted by atomic mass is 9.96. The van der Waals surface area contributed by atoms with Gasteiger partial charge in [-0.15, -0.1) is 11.3 Å². The van der Waals surface area contributed by atoms with E-state index in [0.29, 0.717) is 15.8 Å². The Labute approximate surface area is 166 Å². The first kappa shape index (κ1) is 18.7. The number of pyridine rings is 1. The molecule has 0 spiro atoms. The highest BCUT2D eigenvalue weighted by atomic mass is 32.2. The van der Waals surface area contributed by atoms with Crippen LogP contribution in [0.4, 0.5) is 0 Å². The van der Waals surface area contributed by atoms with E-state index in [1.807, 2.05) is 42.6 Å². The lowest BCUT2D eigenvalue weighted by Crippen LogP contribution is -2.04. The molecule has 0 radical (unpaired) electrons. The summed E-state index contributed by atoms with van der Waals surface area (Å²) in [6, 6.07) is 12.4. The minimum atomic E-state index is -1.68. The summed E-state index contributed by atoms with van der Waals surface area (Å²) in [5.74, 6) is 0.137. The molecule has 4 rings (SSSR count). The van der Waals surface area contributed by atoms with Crippen LogP contribution < -0.4 is 5.56 Å². The molecular weight excluding hydrogens is 396 g/mol. The highest BCUT2D eigenvalue weighted by molar-refractivity contribution is 7.69. The van der Waals surface area contributed by atoms with Gasteiger partial charge in [0.1, 0.15) is 10.4 Å². The van der Waals surface area contributed by atoms with Crippen LogP contribution in [0.5, 0.6) is 5.75 Å². The van der Waals surface area contributed by atoms with E-state index in [0.717, 1.165) is 21.9 Å². The fourth-order valence-electron chi connectivity index (χ4n) is 3.29. The molecule has 4 aromatic rings. The number of benzene rings is 2. The summed E-state index contributed by atoms with van der Waals surface area (Å²) in [6.07, 6.45) is 0. The molecule has 0 aliphatic heterocycles. The number of rotatable bonds is 4. The molecule has 2 aromatic carbocycles. The van der Waals surface area contributed by atoms with Crippen molar-refractivity contribution in [2.45, 2.75) is 13.0 Å². The Kier molecular flexibility index (Phi) is 4.92. The van der Waals surface area contributed by atoms with Crippen LogP contribution in [0.15, 0.2) is 57.0 Å². The number of hydrogen-bond acceptors (Lipinski definition) is 7. The average molecular weight is 414 g/mol. The summed E-state index contributed by atoms with van der Waals surface area (Å²) in [4.78, 5) is 15.2. The second kappa shape index (κ2) is 7.38. The SMILES string of the molecule is CO[S-](=O)=NC(C)c1ccc(-c2c(O)ccc3[nH]c(=O)c4sccc4c23)cc1. The molecular formula is C20H17N2O4S2-. The highest BCUT2D eigenvalue weighted by Gasteiger charge is 2.15. The zero-order chi connectivity index (χ0) is 19.8. The Balaban J connectivity index is 1.90. The van der Waals surface area contributed by atoms with Crippen molar-refractivity contribution in [2.24, 2.45) is 4.36 Å². The molecule has 0 aliphatic carbocycles. The third kappa shape index (κ3) is 3.19. The van der Waals surface area contributed by atoms with E-state index in [1.165, 1.54) is 18.4 Å². The van der Waals surface area contributed by atoms with E-state index in [-0.39, 0.29) is 17.4 Å². The molecule has 144 valence electrons. The van der Waals surface area contributed by atoms with Gasteiger partial charge in [0, 0.05) is 35.0 Å². The van der Waals surface area contributed by atoms with Gasteiger partial charge in [0.15, 0.2) is 0 Å². The molecule has 0 saturated carbocycles. The summed E-state index contributed by atoms with van der Waals surface area (Å²) in [6.45, 7) is 1.83. The Hall–Kier alpha value is -2.68. The number of hydrogen-bond donors (Lipinski definition) is 2. The Morgan fingerprint density at radius 1 is 1.18 bits per heavy atom. The molecule has 2 heterocycles. The van der Waals surface area contributed by atoms with E-state index in [1.54, 1.807) is 12.1 Å². The van der Waals surface area contributed by atoms with Crippen molar-refractivity contribution in [1.82, 2.24) is 4.98 Å². The summed E-state index contributed by atoms with van der Waals surface area (Å²) in [5, 5.41) is 14.1. The normalized spacial score (nSPS) is 13.9. The first-order chi connectivity index (χ1) is 13.5. The number of H-pyrrole nitrogens is 1. The quantitative estimate of drug-likeness (QED) is 0.466. The average Bonchev–Trinajstić information content (AvgIpc) is 3.19. The maximum atomic E-state index is 12.3. The maximum absolute atomic E-state index is 12.3. The standard InChI is InChI=1S/C20H17N2O4S2/c1-11(22-28(25)26-2)12-3-5-13(6-4-12)17-16(23)8-7-15-18(17)14-9-10-27-19(14)20(24)21-15/h3-11,23H,1-2H3,(H,21,24)/q-1. The number of fused-ring (bicyclic) bond motifs is 3. The number of nitrogens with one attached hydrogen (secondary N) is 1. The topological polar surface area (TPSA) is 91.8 Å². The molecule has 0 aliphatic rings. The second-order valence-electron chi connectivity index (χ2n) is 6.29. The van der Waals surface area contributed by atoms with Crippen molar-refractivity contribution in [1.29, 1.82) is 0 Å². The number of aromatic nitrogens is 1. The monoisotopic (exact) mass is 413 g/mol. The van der Waals surface area contributed by atoms with Crippen molar-refractivity contribution in [3.63, 3.8) is 0 Å². The molecule has 0 bridgehead atoms. The maximum Gasteiger partial charge on any atom is 0.266 e. The van der Waals surface area contributed by atoms with Gasteiger partial charge >= 0.3 is 0 Å². The Bertz CT molecular complexity index is 1320. The van der Waals surface area contributed by atoms with Crippen molar-refractivity contribution in [3.05, 3.63) is 63.8 Å². The molecule has 1 unspecified atom stereocenters. The van der Waals surface area contributed by atoms with Crippen LogP contribution in [0.2, 0.25) is 0 Å². The third-order valence-corrected chi connectivity index (χ3v) is 6.33. The van der Waals surface area contributed by atoms with Gasteiger partial charge in [0.2, 0.25) is 0 Å². The summed E-state index contributed by atoms with van der Waals surface area (Å²) in [5.41, 5.74) is 2.89. The van der Waals surface area contributed by atoms with E-state index in [4.69, 9.17) is 0 Å². The summed E-state index contributed by atoms with van der Waals surface area (Å²) < 4.78 is 20.8. The molecule has 0 saturated heterocycles. The Morgan fingerprint density at radius 2 is 1.93 bits per heavy atom. The van der Waals surface area contributed by atoms with Crippen molar-refractivity contribution in [3.8, 4) is 16.9 Å². The number of thiophene rings is 1. The van der Waals surface area contributed by atoms with Crippen molar-refractivity contribution in [2.75, 3.05) is 7.11 Å². The number of aromatic hydroxyl groups is 1. The zero-order valence-corrected chi connectivity index (χ0v) is 16.8. The Morgan fingerprint density at radius 3 is 2.64 bits per heavy atom. The molecule has 0 amide bonds. The van der Waals surface area contributed by atoms with Gasteiger partial charge in [-0.1, -0.05) is 35.1 Å². The van der Waals surface area contributed by atoms with Crippen LogP contribution in [0.1, 0.15) is 18.5 Å². The number of aromatic amines is 1. The predicted octanol–water partition coefficient (Wildman–Crippen LogP) is 4.89. The predicted molar refractivity (Wildman–Crippen MR) is 113 cm³/mol. The van der Waals surface area contributed by atoms with Gasteiger partial charge in [0.25, 0.3) is 5.56 Å². The molecule has 8 heteroatoms. The lowest BCUT2D eigenvalue weighted by Gasteiger charge is -2.14. The first-order valence-electron chi connectivity index (χ1n) is 8.52. The van der Waals surface area contributed by atoms with Crippen LogP contribution in [0.3, 0.4) is 0 Å².